The third-order valence-corrected chi connectivity index (χ3v) is 4.29. The summed E-state index contributed by atoms with van der Waals surface area (Å²) in [6.07, 6.45) is 1.56. The minimum Gasteiger partial charge on any atom is -0.436 e. The topological polar surface area (TPSA) is 87.0 Å². The number of rotatable bonds is 7. The van der Waals surface area contributed by atoms with Gasteiger partial charge in [0.05, 0.1) is 12.2 Å². The second-order valence-corrected chi connectivity index (χ2v) is 6.74. The van der Waals surface area contributed by atoms with Crippen molar-refractivity contribution < 1.29 is 9.53 Å². The van der Waals surface area contributed by atoms with Crippen LogP contribution in [-0.2, 0) is 4.79 Å². The fourth-order valence-corrected chi connectivity index (χ4v) is 2.70. The molecule has 0 aliphatic heterocycles. The number of nitrogens with zero attached hydrogens (tertiary/aromatic N) is 2. The molecule has 146 valence electrons. The van der Waals surface area contributed by atoms with Gasteiger partial charge < -0.3 is 15.4 Å². The van der Waals surface area contributed by atoms with Crippen LogP contribution < -0.4 is 15.4 Å². The van der Waals surface area contributed by atoms with E-state index in [0.717, 1.165) is 5.69 Å². The number of carbonyl (C=O) groups is 1. The van der Waals surface area contributed by atoms with Crippen molar-refractivity contribution in [3.63, 3.8) is 0 Å². The van der Waals surface area contributed by atoms with Gasteiger partial charge in [-0.25, -0.2) is 4.98 Å². The number of hydrogen-bond acceptors (Lipinski definition) is 5. The quantitative estimate of drug-likeness (QED) is 0.602. The highest BCUT2D eigenvalue weighted by Gasteiger charge is 2.10. The van der Waals surface area contributed by atoms with Crippen LogP contribution in [0.4, 0.5) is 11.4 Å². The fraction of sp³-hybridized carbons (Fsp3) is 0.174. The number of para-hydroxylation sites is 2. The molecule has 0 fully saturated rings. The van der Waals surface area contributed by atoms with Crippen molar-refractivity contribution in [3.8, 4) is 17.7 Å². The maximum atomic E-state index is 12.3. The summed E-state index contributed by atoms with van der Waals surface area (Å²) < 4.78 is 5.79. The zero-order valence-electron chi connectivity index (χ0n) is 16.3. The molecule has 0 radical (unpaired) electrons. The average molecular weight is 386 g/mol. The molecule has 1 heterocycles. The minimum atomic E-state index is -0.173. The molecular weight excluding hydrogens is 364 g/mol. The Morgan fingerprint density at radius 3 is 2.59 bits per heavy atom. The summed E-state index contributed by atoms with van der Waals surface area (Å²) in [5.41, 5.74) is 2.94. The molecule has 0 unspecified atom stereocenters. The first-order chi connectivity index (χ1) is 14.1. The summed E-state index contributed by atoms with van der Waals surface area (Å²) in [7, 11) is 0. The van der Waals surface area contributed by atoms with Gasteiger partial charge >= 0.3 is 0 Å². The Bertz CT molecular complexity index is 1020. The highest BCUT2D eigenvalue weighted by Crippen LogP contribution is 2.29. The molecule has 0 aliphatic rings. The van der Waals surface area contributed by atoms with E-state index in [1.807, 2.05) is 36.4 Å². The number of nitriles is 1. The van der Waals surface area contributed by atoms with Crippen molar-refractivity contribution in [2.45, 2.75) is 19.8 Å². The first-order valence-electron chi connectivity index (χ1n) is 9.32. The SMILES string of the molecule is CC(C)c1ccc(NC(=O)CNc2ccccc2Oc2ncccc2C#N)cc1. The van der Waals surface area contributed by atoms with Crippen LogP contribution in [0.15, 0.2) is 66.9 Å². The smallest absolute Gasteiger partial charge is 0.243 e. The number of anilines is 2. The molecule has 2 N–H and O–H groups in total. The van der Waals surface area contributed by atoms with Gasteiger partial charge in [0.25, 0.3) is 0 Å². The number of ether oxygens (including phenoxy) is 1. The Balaban J connectivity index is 1.63. The van der Waals surface area contributed by atoms with Gasteiger partial charge in [-0.2, -0.15) is 5.26 Å². The summed E-state index contributed by atoms with van der Waals surface area (Å²) >= 11 is 0. The lowest BCUT2D eigenvalue weighted by Crippen LogP contribution is -2.21. The molecule has 3 aromatic rings. The summed E-state index contributed by atoms with van der Waals surface area (Å²) in [6, 6.07) is 20.4. The van der Waals surface area contributed by atoms with Crippen LogP contribution >= 0.6 is 0 Å². The molecule has 0 saturated carbocycles. The number of carbonyl (C=O) groups excluding carboxylic acids is 1. The Morgan fingerprint density at radius 1 is 1.10 bits per heavy atom. The largest absolute Gasteiger partial charge is 0.436 e. The number of nitrogens with one attached hydrogen (secondary N) is 2. The van der Waals surface area contributed by atoms with Gasteiger partial charge in [-0.05, 0) is 47.9 Å². The number of hydrogen-bond donors (Lipinski definition) is 2. The molecule has 0 bridgehead atoms. The molecule has 1 amide bonds. The molecular formula is C23H22N4O2. The van der Waals surface area contributed by atoms with E-state index in [0.29, 0.717) is 22.9 Å². The predicted molar refractivity (Wildman–Crippen MR) is 113 cm³/mol. The molecule has 0 saturated heterocycles. The van der Waals surface area contributed by atoms with Gasteiger partial charge in [0.2, 0.25) is 11.8 Å². The van der Waals surface area contributed by atoms with Gasteiger partial charge in [0.15, 0.2) is 5.75 Å². The Morgan fingerprint density at radius 2 is 1.86 bits per heavy atom. The predicted octanol–water partition coefficient (Wildman–Crippen LogP) is 4.92. The van der Waals surface area contributed by atoms with Crippen LogP contribution in [0.5, 0.6) is 11.6 Å². The average Bonchev–Trinajstić information content (AvgIpc) is 2.74. The van der Waals surface area contributed by atoms with Crippen LogP contribution in [0.1, 0.15) is 30.9 Å². The molecule has 1 aromatic heterocycles. The van der Waals surface area contributed by atoms with Crippen LogP contribution in [0.25, 0.3) is 0 Å². The van der Waals surface area contributed by atoms with Gasteiger partial charge in [0.1, 0.15) is 11.6 Å². The van der Waals surface area contributed by atoms with Crippen molar-refractivity contribution >= 4 is 17.3 Å². The first kappa shape index (κ1) is 19.9. The lowest BCUT2D eigenvalue weighted by atomic mass is 10.0. The van der Waals surface area contributed by atoms with Gasteiger partial charge in [-0.3, -0.25) is 4.79 Å². The highest BCUT2D eigenvalue weighted by molar-refractivity contribution is 5.94. The summed E-state index contributed by atoms with van der Waals surface area (Å²) in [4.78, 5) is 16.4. The maximum absolute atomic E-state index is 12.3. The molecule has 2 aromatic carbocycles. The number of aromatic nitrogens is 1. The standard InChI is InChI=1S/C23H22N4O2/c1-16(2)17-9-11-19(12-10-17)27-22(28)15-26-20-7-3-4-8-21(20)29-23-18(14-24)6-5-13-25-23/h3-13,16,26H,15H2,1-2H3,(H,27,28). The fourth-order valence-electron chi connectivity index (χ4n) is 2.70. The van der Waals surface area contributed by atoms with Crippen molar-refractivity contribution in [3.05, 3.63) is 78.0 Å². The first-order valence-corrected chi connectivity index (χ1v) is 9.32. The van der Waals surface area contributed by atoms with E-state index < -0.39 is 0 Å². The monoisotopic (exact) mass is 386 g/mol. The van der Waals surface area contributed by atoms with E-state index in [1.54, 1.807) is 30.5 Å². The van der Waals surface area contributed by atoms with Gasteiger partial charge in [-0.1, -0.05) is 38.1 Å². The number of amides is 1. The zero-order chi connectivity index (χ0) is 20.6. The molecule has 29 heavy (non-hydrogen) atoms. The second kappa shape index (κ2) is 9.38. The molecule has 0 atom stereocenters. The van der Waals surface area contributed by atoms with E-state index in [1.165, 1.54) is 5.56 Å². The van der Waals surface area contributed by atoms with Crippen LogP contribution in [0.3, 0.4) is 0 Å². The van der Waals surface area contributed by atoms with Crippen LogP contribution in [-0.4, -0.2) is 17.4 Å². The molecule has 0 spiro atoms. The Hall–Kier alpha value is -3.85. The molecule has 3 rings (SSSR count). The van der Waals surface area contributed by atoms with E-state index in [4.69, 9.17) is 4.74 Å². The molecule has 6 nitrogen and oxygen atoms in total. The summed E-state index contributed by atoms with van der Waals surface area (Å²) in [6.45, 7) is 4.32. The van der Waals surface area contributed by atoms with Crippen LogP contribution in [0, 0.1) is 11.3 Å². The van der Waals surface area contributed by atoms with Gasteiger partial charge in [0, 0.05) is 11.9 Å². The van der Waals surface area contributed by atoms with E-state index in [9.17, 15) is 10.1 Å². The lowest BCUT2D eigenvalue weighted by molar-refractivity contribution is -0.114. The minimum absolute atomic E-state index is 0.0691. The number of pyridine rings is 1. The number of benzene rings is 2. The van der Waals surface area contributed by atoms with Gasteiger partial charge in [-0.15, -0.1) is 0 Å². The normalized spacial score (nSPS) is 10.3. The third-order valence-electron chi connectivity index (χ3n) is 4.29. The van der Waals surface area contributed by atoms with E-state index in [-0.39, 0.29) is 18.3 Å². The molecule has 0 aliphatic carbocycles. The second-order valence-electron chi connectivity index (χ2n) is 6.74. The summed E-state index contributed by atoms with van der Waals surface area (Å²) in [5.74, 6) is 0.974. The Kier molecular flexibility index (Phi) is 6.43. The Labute approximate surface area is 170 Å². The van der Waals surface area contributed by atoms with E-state index in [2.05, 4.69) is 35.5 Å². The maximum Gasteiger partial charge on any atom is 0.243 e. The third kappa shape index (κ3) is 5.33. The zero-order valence-corrected chi connectivity index (χ0v) is 16.3. The van der Waals surface area contributed by atoms with Crippen molar-refractivity contribution in [1.29, 1.82) is 5.26 Å². The lowest BCUT2D eigenvalue weighted by Gasteiger charge is -2.13. The summed E-state index contributed by atoms with van der Waals surface area (Å²) in [5, 5.41) is 15.1. The van der Waals surface area contributed by atoms with E-state index >= 15 is 0 Å². The van der Waals surface area contributed by atoms with Crippen LogP contribution in [0.2, 0.25) is 0 Å². The van der Waals surface area contributed by atoms with Crippen molar-refractivity contribution in [2.75, 3.05) is 17.2 Å². The highest BCUT2D eigenvalue weighted by atomic mass is 16.5. The van der Waals surface area contributed by atoms with Crippen molar-refractivity contribution in [1.82, 2.24) is 4.98 Å². The molecule has 6 heteroatoms. The van der Waals surface area contributed by atoms with Crippen molar-refractivity contribution in [2.24, 2.45) is 0 Å².